The molecule has 1 aromatic rings. The van der Waals surface area contributed by atoms with Crippen molar-refractivity contribution in [3.05, 3.63) is 46.0 Å². The lowest BCUT2D eigenvalue weighted by molar-refractivity contribution is -0.488. The Morgan fingerprint density at radius 1 is 1.32 bits per heavy atom. The lowest BCUT2D eigenvalue weighted by Crippen LogP contribution is -2.45. The average molecular weight is 308 g/mol. The van der Waals surface area contributed by atoms with Crippen LogP contribution in [0.15, 0.2) is 30.3 Å². The van der Waals surface area contributed by atoms with Gasteiger partial charge in [-0.15, -0.1) is 0 Å². The second-order valence-electron chi connectivity index (χ2n) is 6.44. The van der Waals surface area contributed by atoms with Crippen molar-refractivity contribution in [3.8, 4) is 0 Å². The van der Waals surface area contributed by atoms with E-state index in [0.29, 0.717) is 6.42 Å². The molecule has 22 heavy (non-hydrogen) atoms. The number of amides is 1. The van der Waals surface area contributed by atoms with Gasteiger partial charge in [-0.3, -0.25) is 10.1 Å². The van der Waals surface area contributed by atoms with Gasteiger partial charge in [-0.2, -0.15) is 0 Å². The van der Waals surface area contributed by atoms with Gasteiger partial charge in [0, 0.05) is 16.9 Å². The number of nitrogens with one attached hydrogen (secondary N) is 1. The van der Waals surface area contributed by atoms with Crippen LogP contribution >= 0.6 is 0 Å². The van der Waals surface area contributed by atoms with E-state index in [1.165, 1.54) is 0 Å². The Hall–Kier alpha value is -2.11. The molecular formula is C16H24N2O4. The van der Waals surface area contributed by atoms with Gasteiger partial charge in [0.15, 0.2) is 0 Å². The lowest BCUT2D eigenvalue weighted by atomic mass is 9.95. The molecule has 0 heterocycles. The van der Waals surface area contributed by atoms with E-state index in [1.54, 1.807) is 27.7 Å². The number of carbonyl (C=O) groups excluding carboxylic acids is 1. The third-order valence-electron chi connectivity index (χ3n) is 3.12. The van der Waals surface area contributed by atoms with Gasteiger partial charge >= 0.3 is 6.09 Å². The van der Waals surface area contributed by atoms with E-state index in [9.17, 15) is 14.9 Å². The number of rotatable bonds is 6. The molecule has 1 rings (SSSR count). The third kappa shape index (κ3) is 7.06. The van der Waals surface area contributed by atoms with Crippen LogP contribution < -0.4 is 5.32 Å². The highest BCUT2D eigenvalue weighted by Crippen LogP contribution is 2.13. The summed E-state index contributed by atoms with van der Waals surface area (Å²) in [6.07, 6.45) is -0.0293. The van der Waals surface area contributed by atoms with Gasteiger partial charge in [0.25, 0.3) is 0 Å². The molecule has 0 fully saturated rings. The minimum atomic E-state index is -0.603. The fourth-order valence-electron chi connectivity index (χ4n) is 2.08. The quantitative estimate of drug-likeness (QED) is 0.647. The molecule has 0 saturated heterocycles. The van der Waals surface area contributed by atoms with Gasteiger partial charge in [0.2, 0.25) is 6.54 Å². The molecule has 0 saturated carbocycles. The molecule has 122 valence electrons. The van der Waals surface area contributed by atoms with Crippen molar-refractivity contribution in [2.24, 2.45) is 5.92 Å². The Bertz CT molecular complexity index is 497. The van der Waals surface area contributed by atoms with E-state index in [-0.39, 0.29) is 23.4 Å². The topological polar surface area (TPSA) is 81.5 Å². The Morgan fingerprint density at radius 3 is 2.41 bits per heavy atom. The Kier molecular flexibility index (Phi) is 6.34. The van der Waals surface area contributed by atoms with E-state index >= 15 is 0 Å². The van der Waals surface area contributed by atoms with Crippen molar-refractivity contribution < 1.29 is 14.5 Å². The van der Waals surface area contributed by atoms with Crippen LogP contribution in [0.3, 0.4) is 0 Å². The van der Waals surface area contributed by atoms with Crippen LogP contribution in [0.2, 0.25) is 0 Å². The maximum atomic E-state index is 11.9. The van der Waals surface area contributed by atoms with Crippen molar-refractivity contribution in [2.45, 2.75) is 45.8 Å². The summed E-state index contributed by atoms with van der Waals surface area (Å²) in [5.74, 6) is -0.303. The van der Waals surface area contributed by atoms with E-state index in [1.807, 2.05) is 30.3 Å². The van der Waals surface area contributed by atoms with Gasteiger partial charge in [0.05, 0.1) is 0 Å². The average Bonchev–Trinajstić information content (AvgIpc) is 2.36. The summed E-state index contributed by atoms with van der Waals surface area (Å²) in [6.45, 7) is 6.89. The van der Waals surface area contributed by atoms with Gasteiger partial charge < -0.3 is 10.1 Å². The number of benzene rings is 1. The van der Waals surface area contributed by atoms with Crippen LogP contribution in [0, 0.1) is 16.0 Å². The van der Waals surface area contributed by atoms with Gasteiger partial charge in [-0.1, -0.05) is 37.3 Å². The van der Waals surface area contributed by atoms with Crippen molar-refractivity contribution >= 4 is 6.09 Å². The largest absolute Gasteiger partial charge is 0.444 e. The van der Waals surface area contributed by atoms with Crippen LogP contribution in [0.1, 0.15) is 33.3 Å². The number of nitrogens with zero attached hydrogens (tertiary/aromatic N) is 1. The highest BCUT2D eigenvalue weighted by atomic mass is 16.6. The smallest absolute Gasteiger partial charge is 0.407 e. The zero-order valence-corrected chi connectivity index (χ0v) is 13.5. The van der Waals surface area contributed by atoms with Crippen LogP contribution in [0.4, 0.5) is 4.79 Å². The maximum absolute atomic E-state index is 11.9. The molecule has 0 unspecified atom stereocenters. The van der Waals surface area contributed by atoms with Crippen molar-refractivity contribution in [3.63, 3.8) is 0 Å². The first-order valence-corrected chi connectivity index (χ1v) is 7.32. The van der Waals surface area contributed by atoms with Gasteiger partial charge in [0.1, 0.15) is 5.60 Å². The normalized spacial score (nSPS) is 14.0. The molecule has 1 N–H and O–H groups in total. The zero-order chi connectivity index (χ0) is 16.8. The monoisotopic (exact) mass is 308 g/mol. The minimum absolute atomic E-state index is 0.201. The van der Waals surface area contributed by atoms with E-state index in [2.05, 4.69) is 5.32 Å². The van der Waals surface area contributed by atoms with Crippen molar-refractivity contribution in [1.29, 1.82) is 0 Å². The zero-order valence-electron chi connectivity index (χ0n) is 13.5. The number of carbonyl (C=O) groups is 1. The lowest BCUT2D eigenvalue weighted by Gasteiger charge is -2.26. The Labute approximate surface area is 131 Å². The van der Waals surface area contributed by atoms with Crippen molar-refractivity contribution in [1.82, 2.24) is 5.32 Å². The number of ether oxygens (including phenoxy) is 1. The van der Waals surface area contributed by atoms with Gasteiger partial charge in [-0.25, -0.2) is 4.79 Å². The summed E-state index contributed by atoms with van der Waals surface area (Å²) >= 11 is 0. The Balaban J connectivity index is 2.77. The summed E-state index contributed by atoms with van der Waals surface area (Å²) in [5.41, 5.74) is 0.409. The fourth-order valence-corrected chi connectivity index (χ4v) is 2.08. The summed E-state index contributed by atoms with van der Waals surface area (Å²) in [5, 5.41) is 13.5. The Morgan fingerprint density at radius 2 is 1.91 bits per heavy atom. The first-order valence-electron chi connectivity index (χ1n) is 7.32. The molecule has 0 aliphatic carbocycles. The molecule has 1 amide bonds. The number of nitro groups is 1. The molecule has 0 aliphatic heterocycles. The predicted molar refractivity (Wildman–Crippen MR) is 84.3 cm³/mol. The first kappa shape index (κ1) is 17.9. The molecule has 0 spiro atoms. The van der Waals surface area contributed by atoms with Gasteiger partial charge in [-0.05, 0) is 32.8 Å². The summed E-state index contributed by atoms with van der Waals surface area (Å²) in [7, 11) is 0. The summed E-state index contributed by atoms with van der Waals surface area (Å²) in [6, 6.07) is 9.21. The summed E-state index contributed by atoms with van der Waals surface area (Å²) in [4.78, 5) is 22.3. The minimum Gasteiger partial charge on any atom is -0.444 e. The fraction of sp³-hybridized carbons (Fsp3) is 0.562. The molecule has 6 heteroatoms. The highest BCUT2D eigenvalue weighted by Gasteiger charge is 2.26. The maximum Gasteiger partial charge on any atom is 0.407 e. The highest BCUT2D eigenvalue weighted by molar-refractivity contribution is 5.68. The molecule has 1 aromatic carbocycles. The molecule has 0 aliphatic rings. The SMILES string of the molecule is C[C@H](C[N+](=O)[O-])[C@H](Cc1ccccc1)NC(=O)OC(C)(C)C. The van der Waals surface area contributed by atoms with E-state index in [4.69, 9.17) is 4.74 Å². The van der Waals surface area contributed by atoms with E-state index < -0.39 is 11.7 Å². The molecule has 2 atom stereocenters. The predicted octanol–water partition coefficient (Wildman–Crippen LogP) is 3.04. The van der Waals surface area contributed by atoms with Crippen molar-refractivity contribution in [2.75, 3.05) is 6.54 Å². The second kappa shape index (κ2) is 7.77. The number of hydrogen-bond acceptors (Lipinski definition) is 4. The summed E-state index contributed by atoms with van der Waals surface area (Å²) < 4.78 is 5.24. The van der Waals surface area contributed by atoms with Crippen LogP contribution in [0.25, 0.3) is 0 Å². The third-order valence-corrected chi connectivity index (χ3v) is 3.12. The van der Waals surface area contributed by atoms with E-state index in [0.717, 1.165) is 5.56 Å². The number of alkyl carbamates (subject to hydrolysis) is 1. The number of hydrogen-bond donors (Lipinski definition) is 1. The molecular weight excluding hydrogens is 284 g/mol. The molecule has 0 bridgehead atoms. The van der Waals surface area contributed by atoms with Crippen LogP contribution in [-0.2, 0) is 11.2 Å². The van der Waals surface area contributed by atoms with Crippen LogP contribution in [-0.4, -0.2) is 29.2 Å². The second-order valence-corrected chi connectivity index (χ2v) is 6.44. The standard InChI is InChI=1S/C16H24N2O4/c1-12(11-18(20)21)14(10-13-8-6-5-7-9-13)17-15(19)22-16(2,3)4/h5-9,12,14H,10-11H2,1-4H3,(H,17,19)/t12-,14+/m1/s1. The molecule has 0 radical (unpaired) electrons. The molecule has 6 nitrogen and oxygen atoms in total. The first-order chi connectivity index (χ1) is 10.2. The molecule has 0 aromatic heterocycles. The van der Waals surface area contributed by atoms with Crippen LogP contribution in [0.5, 0.6) is 0 Å².